The molecule has 10 heteroatoms. The molecule has 0 saturated carbocycles. The third-order valence-electron chi connectivity index (χ3n) is 4.57. The van der Waals surface area contributed by atoms with Crippen LogP contribution in [0, 0.1) is 18.6 Å². The maximum Gasteiger partial charge on any atom is 0.200 e. The molecule has 0 radical (unpaired) electrons. The average molecular weight is 434 g/mol. The van der Waals surface area contributed by atoms with E-state index in [1.54, 1.807) is 10.9 Å². The van der Waals surface area contributed by atoms with Crippen molar-refractivity contribution in [1.82, 2.24) is 34.3 Å². The zero-order valence-electron chi connectivity index (χ0n) is 15.4. The molecular weight excluding hydrogens is 417 g/mol. The number of aromatic amines is 1. The smallest absolute Gasteiger partial charge is 0.200 e. The standard InChI is InChI=1S/C18H17Cl2N7S/c1-10-16(27-17(22-23-18(27)28)12-7-21-25(3)8-12)11(2)26(24-10)9-13-14(19)5-4-6-15(13)20/h4-8H,9H2,1-3H3,(H,23,28). The summed E-state index contributed by atoms with van der Waals surface area (Å²) in [6, 6.07) is 5.47. The molecule has 3 aromatic heterocycles. The lowest BCUT2D eigenvalue weighted by molar-refractivity contribution is 0.658. The van der Waals surface area contributed by atoms with Gasteiger partial charge in [-0.05, 0) is 38.2 Å². The lowest BCUT2D eigenvalue weighted by Gasteiger charge is -2.10. The Balaban J connectivity index is 1.84. The largest absolute Gasteiger partial charge is 0.275 e. The maximum absolute atomic E-state index is 6.34. The summed E-state index contributed by atoms with van der Waals surface area (Å²) in [5, 5.41) is 17.4. The van der Waals surface area contributed by atoms with Crippen LogP contribution in [0.15, 0.2) is 30.6 Å². The lowest BCUT2D eigenvalue weighted by atomic mass is 10.2. The molecule has 144 valence electrons. The van der Waals surface area contributed by atoms with Gasteiger partial charge in [0.1, 0.15) is 0 Å². The van der Waals surface area contributed by atoms with Crippen LogP contribution in [0.25, 0.3) is 17.1 Å². The third-order valence-corrected chi connectivity index (χ3v) is 5.55. The molecule has 0 unspecified atom stereocenters. The molecule has 0 bridgehead atoms. The number of benzene rings is 1. The molecule has 0 atom stereocenters. The van der Waals surface area contributed by atoms with E-state index in [4.69, 9.17) is 40.5 Å². The first kappa shape index (κ1) is 18.9. The molecule has 0 aliphatic heterocycles. The molecule has 1 N–H and O–H groups in total. The van der Waals surface area contributed by atoms with Crippen LogP contribution in [0.3, 0.4) is 0 Å². The molecule has 0 spiro atoms. The average Bonchev–Trinajstić information content (AvgIpc) is 3.30. The second-order valence-electron chi connectivity index (χ2n) is 6.47. The van der Waals surface area contributed by atoms with Crippen LogP contribution in [0.5, 0.6) is 0 Å². The van der Waals surface area contributed by atoms with E-state index in [1.165, 1.54) is 0 Å². The van der Waals surface area contributed by atoms with E-state index in [0.717, 1.165) is 28.2 Å². The summed E-state index contributed by atoms with van der Waals surface area (Å²) in [7, 11) is 1.86. The number of rotatable bonds is 4. The Kier molecular flexibility index (Phi) is 4.86. The van der Waals surface area contributed by atoms with Gasteiger partial charge in [0, 0.05) is 28.9 Å². The van der Waals surface area contributed by atoms with Gasteiger partial charge in [-0.2, -0.15) is 15.3 Å². The number of aromatic nitrogens is 7. The molecule has 0 aliphatic rings. The number of aryl methyl sites for hydroxylation is 2. The highest BCUT2D eigenvalue weighted by atomic mass is 35.5. The molecule has 1 aromatic carbocycles. The summed E-state index contributed by atoms with van der Waals surface area (Å²) in [4.78, 5) is 0. The second kappa shape index (κ2) is 7.20. The van der Waals surface area contributed by atoms with Gasteiger partial charge in [0.2, 0.25) is 0 Å². The van der Waals surface area contributed by atoms with Crippen LogP contribution >= 0.6 is 35.4 Å². The Morgan fingerprint density at radius 2 is 1.89 bits per heavy atom. The predicted octanol–water partition coefficient (Wildman–Crippen LogP) is 4.50. The van der Waals surface area contributed by atoms with E-state index in [2.05, 4.69) is 15.3 Å². The van der Waals surface area contributed by atoms with E-state index < -0.39 is 0 Å². The van der Waals surface area contributed by atoms with Crippen LogP contribution in [-0.2, 0) is 13.6 Å². The van der Waals surface area contributed by atoms with E-state index in [9.17, 15) is 0 Å². The van der Waals surface area contributed by atoms with Gasteiger partial charge in [-0.1, -0.05) is 29.3 Å². The van der Waals surface area contributed by atoms with Gasteiger partial charge in [0.15, 0.2) is 10.6 Å². The van der Waals surface area contributed by atoms with E-state index in [1.807, 2.05) is 54.5 Å². The normalized spacial score (nSPS) is 11.3. The fourth-order valence-corrected chi connectivity index (χ4v) is 3.97. The van der Waals surface area contributed by atoms with Crippen molar-refractivity contribution < 1.29 is 0 Å². The first-order valence-corrected chi connectivity index (χ1v) is 9.67. The summed E-state index contributed by atoms with van der Waals surface area (Å²) < 4.78 is 5.97. The van der Waals surface area contributed by atoms with Crippen molar-refractivity contribution in [2.24, 2.45) is 7.05 Å². The minimum absolute atomic E-state index is 0.457. The Hall–Kier alpha value is -2.42. The highest BCUT2D eigenvalue weighted by Gasteiger charge is 2.20. The summed E-state index contributed by atoms with van der Waals surface area (Å²) in [6.07, 6.45) is 3.64. The molecule has 0 amide bonds. The van der Waals surface area contributed by atoms with Crippen LogP contribution in [0.1, 0.15) is 17.0 Å². The van der Waals surface area contributed by atoms with Crippen molar-refractivity contribution in [3.8, 4) is 17.1 Å². The van der Waals surface area contributed by atoms with Crippen molar-refractivity contribution in [2.45, 2.75) is 20.4 Å². The van der Waals surface area contributed by atoms with Crippen molar-refractivity contribution in [1.29, 1.82) is 0 Å². The Labute approximate surface area is 176 Å². The van der Waals surface area contributed by atoms with Crippen LogP contribution in [0.4, 0.5) is 0 Å². The van der Waals surface area contributed by atoms with Gasteiger partial charge in [-0.25, -0.2) is 0 Å². The van der Waals surface area contributed by atoms with Crippen LogP contribution in [-0.4, -0.2) is 34.3 Å². The molecule has 3 heterocycles. The molecule has 0 aliphatic carbocycles. The zero-order valence-corrected chi connectivity index (χ0v) is 17.8. The highest BCUT2D eigenvalue weighted by molar-refractivity contribution is 7.71. The number of nitrogens with zero attached hydrogens (tertiary/aromatic N) is 6. The molecule has 7 nitrogen and oxygen atoms in total. The molecule has 0 fully saturated rings. The molecular formula is C18H17Cl2N7S. The Bertz CT molecular complexity index is 1210. The second-order valence-corrected chi connectivity index (χ2v) is 7.67. The van der Waals surface area contributed by atoms with Crippen molar-refractivity contribution in [3.05, 3.63) is 62.4 Å². The third kappa shape index (κ3) is 3.17. The number of halogens is 2. The number of H-pyrrole nitrogens is 1. The molecule has 4 rings (SSSR count). The van der Waals surface area contributed by atoms with Gasteiger partial charge in [0.05, 0.1) is 35.4 Å². The van der Waals surface area contributed by atoms with Crippen molar-refractivity contribution >= 4 is 35.4 Å². The van der Waals surface area contributed by atoms with Crippen LogP contribution in [0.2, 0.25) is 10.0 Å². The van der Waals surface area contributed by atoms with Crippen molar-refractivity contribution in [3.63, 3.8) is 0 Å². The first-order valence-electron chi connectivity index (χ1n) is 8.50. The summed E-state index contributed by atoms with van der Waals surface area (Å²) in [6.45, 7) is 4.38. The van der Waals surface area contributed by atoms with Gasteiger partial charge >= 0.3 is 0 Å². The number of nitrogens with one attached hydrogen (secondary N) is 1. The quantitative estimate of drug-likeness (QED) is 0.481. The minimum Gasteiger partial charge on any atom is -0.275 e. The minimum atomic E-state index is 0.457. The lowest BCUT2D eigenvalue weighted by Crippen LogP contribution is -2.06. The summed E-state index contributed by atoms with van der Waals surface area (Å²) in [5.41, 5.74) is 4.31. The van der Waals surface area contributed by atoms with Gasteiger partial charge in [-0.15, -0.1) is 0 Å². The molecule has 28 heavy (non-hydrogen) atoms. The highest BCUT2D eigenvalue weighted by Crippen LogP contribution is 2.29. The van der Waals surface area contributed by atoms with Crippen molar-refractivity contribution in [2.75, 3.05) is 0 Å². The fraction of sp³-hybridized carbons (Fsp3) is 0.222. The number of hydrogen-bond donors (Lipinski definition) is 1. The zero-order chi connectivity index (χ0) is 20.0. The number of hydrogen-bond acceptors (Lipinski definition) is 4. The van der Waals surface area contributed by atoms with Gasteiger partial charge in [-0.3, -0.25) is 19.0 Å². The molecule has 4 aromatic rings. The first-order chi connectivity index (χ1) is 13.4. The van der Waals surface area contributed by atoms with Crippen LogP contribution < -0.4 is 0 Å². The Morgan fingerprint density at radius 3 is 2.54 bits per heavy atom. The molecule has 0 saturated heterocycles. The maximum atomic E-state index is 6.34. The van der Waals surface area contributed by atoms with E-state index in [0.29, 0.717) is 27.2 Å². The SMILES string of the molecule is Cc1nn(Cc2c(Cl)cccc2Cl)c(C)c1-n1c(-c2cnn(C)c2)n[nH]c1=S. The van der Waals surface area contributed by atoms with Gasteiger partial charge in [0.25, 0.3) is 0 Å². The fourth-order valence-electron chi connectivity index (χ4n) is 3.23. The monoisotopic (exact) mass is 433 g/mol. The summed E-state index contributed by atoms with van der Waals surface area (Å²) >= 11 is 18.2. The Morgan fingerprint density at radius 1 is 1.18 bits per heavy atom. The van der Waals surface area contributed by atoms with Gasteiger partial charge < -0.3 is 0 Å². The van der Waals surface area contributed by atoms with E-state index >= 15 is 0 Å². The summed E-state index contributed by atoms with van der Waals surface area (Å²) in [5.74, 6) is 0.680. The van der Waals surface area contributed by atoms with E-state index in [-0.39, 0.29) is 0 Å². The topological polar surface area (TPSA) is 69.2 Å². The predicted molar refractivity (Wildman–Crippen MR) is 112 cm³/mol.